The summed E-state index contributed by atoms with van der Waals surface area (Å²) in [4.78, 5) is 26.2. The average Bonchev–Trinajstić information content (AvgIpc) is 3.17. The number of H-pyrrole nitrogens is 1. The van der Waals surface area contributed by atoms with Crippen LogP contribution in [0.4, 0.5) is 5.69 Å². The molecule has 1 aliphatic rings. The molecule has 3 rings (SSSR count). The molecule has 1 aromatic carbocycles. The minimum absolute atomic E-state index is 0.0350. The molecule has 1 aliphatic heterocycles. The quantitative estimate of drug-likeness (QED) is 0.695. The van der Waals surface area contributed by atoms with Gasteiger partial charge in [0.15, 0.2) is 15.0 Å². The predicted octanol–water partition coefficient (Wildman–Crippen LogP) is 1.42. The summed E-state index contributed by atoms with van der Waals surface area (Å²) >= 11 is 1.15. The van der Waals surface area contributed by atoms with Crippen molar-refractivity contribution in [3.63, 3.8) is 0 Å². The molecule has 1 aromatic heterocycles. The molecule has 0 bridgehead atoms. The highest BCUT2D eigenvalue weighted by Crippen LogP contribution is 2.24. The van der Waals surface area contributed by atoms with E-state index in [1.165, 1.54) is 15.5 Å². The number of rotatable bonds is 7. The molecule has 1 amide bonds. The number of aromatic amines is 1. The number of carbonyl (C=O) groups excluding carboxylic acids is 1. The molecule has 27 heavy (non-hydrogen) atoms. The maximum atomic E-state index is 12.9. The summed E-state index contributed by atoms with van der Waals surface area (Å²) in [7, 11) is -3.30. The minimum Gasteiger partial charge on any atom is -0.304 e. The lowest BCUT2D eigenvalue weighted by Crippen LogP contribution is -2.42. The number of para-hydroxylation sites is 1. The zero-order valence-electron chi connectivity index (χ0n) is 14.7. The van der Waals surface area contributed by atoms with Gasteiger partial charge < -0.3 is 4.90 Å². The molecule has 1 N–H and O–H groups in total. The first-order chi connectivity index (χ1) is 12.9. The summed E-state index contributed by atoms with van der Waals surface area (Å²) in [5.74, 6) is -0.356. The monoisotopic (exact) mass is 408 g/mol. The Kier molecular flexibility index (Phi) is 5.85. The van der Waals surface area contributed by atoms with Crippen LogP contribution < -0.4 is 10.6 Å². The van der Waals surface area contributed by atoms with Crippen LogP contribution in [0, 0.1) is 0 Å². The van der Waals surface area contributed by atoms with Crippen LogP contribution >= 0.6 is 11.8 Å². The zero-order chi connectivity index (χ0) is 19.4. The summed E-state index contributed by atoms with van der Waals surface area (Å²) in [6.45, 7) is 2.46. The number of amides is 1. The maximum Gasteiger partial charge on any atom is 0.343 e. The first kappa shape index (κ1) is 19.4. The highest BCUT2D eigenvalue weighted by molar-refractivity contribution is 7.99. The molecule has 2 heterocycles. The van der Waals surface area contributed by atoms with E-state index in [1.54, 1.807) is 24.3 Å². The van der Waals surface area contributed by atoms with Gasteiger partial charge in [-0.1, -0.05) is 36.9 Å². The normalized spacial score (nSPS) is 17.9. The van der Waals surface area contributed by atoms with E-state index in [0.29, 0.717) is 17.4 Å². The van der Waals surface area contributed by atoms with Gasteiger partial charge >= 0.3 is 5.69 Å². The number of anilines is 1. The van der Waals surface area contributed by atoms with Crippen molar-refractivity contribution in [1.82, 2.24) is 14.8 Å². The molecule has 0 fully saturated rings. The second-order valence-electron chi connectivity index (χ2n) is 6.08. The third kappa shape index (κ3) is 4.51. The van der Waals surface area contributed by atoms with Crippen molar-refractivity contribution in [3.05, 3.63) is 52.3 Å². The standard InChI is InChI=1S/C17H20N4O4S2/c1-2-9-20-16(23)18-19-17(20)26-11-15(22)21(13-6-4-3-5-7-13)14-8-10-27(24,25)12-14/h3-8,10,14H,2,9,11-12H2,1H3,(H,18,23)/t14-/m0/s1. The minimum atomic E-state index is -3.30. The van der Waals surface area contributed by atoms with E-state index in [0.717, 1.165) is 23.6 Å². The van der Waals surface area contributed by atoms with Crippen molar-refractivity contribution in [2.45, 2.75) is 31.1 Å². The van der Waals surface area contributed by atoms with Gasteiger partial charge in [-0.3, -0.25) is 9.36 Å². The molecule has 1 atom stereocenters. The Morgan fingerprint density at radius 3 is 2.74 bits per heavy atom. The maximum absolute atomic E-state index is 12.9. The summed E-state index contributed by atoms with van der Waals surface area (Å²) in [5, 5.41) is 7.96. The fourth-order valence-electron chi connectivity index (χ4n) is 2.86. The molecule has 0 unspecified atom stereocenters. The molecule has 0 spiro atoms. The van der Waals surface area contributed by atoms with Crippen molar-refractivity contribution >= 4 is 33.2 Å². The Balaban J connectivity index is 1.80. The van der Waals surface area contributed by atoms with Gasteiger partial charge in [0.25, 0.3) is 0 Å². The lowest BCUT2D eigenvalue weighted by atomic mass is 10.2. The first-order valence-corrected chi connectivity index (χ1v) is 11.2. The number of carbonyl (C=O) groups is 1. The second kappa shape index (κ2) is 8.13. The third-order valence-corrected chi connectivity index (χ3v) is 6.38. The molecule has 10 heteroatoms. The van der Waals surface area contributed by atoms with Crippen molar-refractivity contribution in [2.24, 2.45) is 0 Å². The molecule has 0 radical (unpaired) electrons. The van der Waals surface area contributed by atoms with Crippen LogP contribution in [0.3, 0.4) is 0 Å². The van der Waals surface area contributed by atoms with E-state index in [1.807, 2.05) is 13.0 Å². The number of nitrogens with zero attached hydrogens (tertiary/aromatic N) is 3. The molecule has 0 aliphatic carbocycles. The van der Waals surface area contributed by atoms with Gasteiger partial charge in [-0.05, 0) is 24.6 Å². The fourth-order valence-corrected chi connectivity index (χ4v) is 4.96. The number of aromatic nitrogens is 3. The molecule has 144 valence electrons. The fraction of sp³-hybridized carbons (Fsp3) is 0.353. The Morgan fingerprint density at radius 2 is 2.11 bits per heavy atom. The highest BCUT2D eigenvalue weighted by Gasteiger charge is 2.31. The third-order valence-electron chi connectivity index (χ3n) is 4.04. The second-order valence-corrected chi connectivity index (χ2v) is 8.95. The molecule has 0 saturated heterocycles. The summed E-state index contributed by atoms with van der Waals surface area (Å²) in [5.41, 5.74) is 0.319. The molecular weight excluding hydrogens is 388 g/mol. The van der Waals surface area contributed by atoms with Crippen molar-refractivity contribution in [1.29, 1.82) is 0 Å². The van der Waals surface area contributed by atoms with Gasteiger partial charge in [-0.25, -0.2) is 18.3 Å². The molecular formula is C17H20N4O4S2. The van der Waals surface area contributed by atoms with E-state index >= 15 is 0 Å². The van der Waals surface area contributed by atoms with Gasteiger partial charge in [0.1, 0.15) is 0 Å². The van der Waals surface area contributed by atoms with Gasteiger partial charge in [-0.15, -0.1) is 5.10 Å². The topological polar surface area (TPSA) is 105 Å². The van der Waals surface area contributed by atoms with E-state index in [9.17, 15) is 18.0 Å². The largest absolute Gasteiger partial charge is 0.343 e. The van der Waals surface area contributed by atoms with E-state index in [4.69, 9.17) is 0 Å². The van der Waals surface area contributed by atoms with Crippen molar-refractivity contribution < 1.29 is 13.2 Å². The Morgan fingerprint density at radius 1 is 1.37 bits per heavy atom. The number of benzene rings is 1. The Labute approximate surface area is 161 Å². The van der Waals surface area contributed by atoms with Crippen LogP contribution in [-0.4, -0.2) is 46.6 Å². The van der Waals surface area contributed by atoms with Crippen LogP contribution in [0.15, 0.2) is 51.8 Å². The van der Waals surface area contributed by atoms with Crippen LogP contribution in [0.5, 0.6) is 0 Å². The molecule has 0 saturated carbocycles. The van der Waals surface area contributed by atoms with Crippen LogP contribution in [0.2, 0.25) is 0 Å². The van der Waals surface area contributed by atoms with Gasteiger partial charge in [0.05, 0.1) is 17.5 Å². The molecule has 8 nitrogen and oxygen atoms in total. The highest BCUT2D eigenvalue weighted by atomic mass is 32.2. The summed E-state index contributed by atoms with van der Waals surface area (Å²) < 4.78 is 25.1. The lowest BCUT2D eigenvalue weighted by Gasteiger charge is -2.27. The SMILES string of the molecule is CCCn1c(SCC(=O)N(c2ccccc2)[C@H]2C=CS(=O)(=O)C2)n[nH]c1=O. The zero-order valence-corrected chi connectivity index (χ0v) is 16.4. The number of hydrogen-bond acceptors (Lipinski definition) is 6. The number of thioether (sulfide) groups is 1. The van der Waals surface area contributed by atoms with Crippen LogP contribution in [-0.2, 0) is 21.2 Å². The Bertz CT molecular complexity index is 995. The van der Waals surface area contributed by atoms with Crippen LogP contribution in [0.25, 0.3) is 0 Å². The smallest absolute Gasteiger partial charge is 0.304 e. The lowest BCUT2D eigenvalue weighted by molar-refractivity contribution is -0.116. The first-order valence-electron chi connectivity index (χ1n) is 8.47. The van der Waals surface area contributed by atoms with Crippen molar-refractivity contribution in [2.75, 3.05) is 16.4 Å². The summed E-state index contributed by atoms with van der Waals surface area (Å²) in [6.07, 6.45) is 2.30. The Hall–Kier alpha value is -2.33. The van der Waals surface area contributed by atoms with Gasteiger partial charge in [-0.2, -0.15) is 0 Å². The van der Waals surface area contributed by atoms with E-state index in [2.05, 4.69) is 10.2 Å². The average molecular weight is 409 g/mol. The molecule has 2 aromatic rings. The van der Waals surface area contributed by atoms with Crippen molar-refractivity contribution in [3.8, 4) is 0 Å². The number of hydrogen-bond donors (Lipinski definition) is 1. The van der Waals surface area contributed by atoms with E-state index < -0.39 is 15.9 Å². The van der Waals surface area contributed by atoms with Crippen LogP contribution in [0.1, 0.15) is 13.3 Å². The number of nitrogens with one attached hydrogen (secondary N) is 1. The summed E-state index contributed by atoms with van der Waals surface area (Å²) in [6, 6.07) is 8.40. The van der Waals surface area contributed by atoms with Gasteiger partial charge in [0.2, 0.25) is 5.91 Å². The number of sulfone groups is 1. The predicted molar refractivity (Wildman–Crippen MR) is 105 cm³/mol. The van der Waals surface area contributed by atoms with Gasteiger partial charge in [0, 0.05) is 17.6 Å². The van der Waals surface area contributed by atoms with E-state index in [-0.39, 0.29) is 23.1 Å².